The molecular formula is C26H25N5O5S. The normalized spacial score (nSPS) is 13.4. The monoisotopic (exact) mass is 519 g/mol. The molecule has 2 aromatic heterocycles. The van der Waals surface area contributed by atoms with Gasteiger partial charge in [-0.05, 0) is 49.1 Å². The highest BCUT2D eigenvalue weighted by Crippen LogP contribution is 2.42. The molecular weight excluding hydrogens is 494 g/mol. The largest absolute Gasteiger partial charge is 0.493 e. The van der Waals surface area contributed by atoms with Gasteiger partial charge < -0.3 is 14.2 Å². The minimum Gasteiger partial charge on any atom is -0.493 e. The summed E-state index contributed by atoms with van der Waals surface area (Å²) in [5.74, 6) is 1.42. The molecule has 5 rings (SSSR count). The van der Waals surface area contributed by atoms with Crippen molar-refractivity contribution in [1.82, 2.24) is 19.9 Å². The molecule has 0 saturated heterocycles. The van der Waals surface area contributed by atoms with Gasteiger partial charge in [0.15, 0.2) is 23.1 Å². The van der Waals surface area contributed by atoms with Gasteiger partial charge in [-0.25, -0.2) is 23.4 Å². The van der Waals surface area contributed by atoms with E-state index in [0.29, 0.717) is 24.0 Å². The Labute approximate surface area is 214 Å². The molecule has 1 aliphatic rings. The second-order valence-corrected chi connectivity index (χ2v) is 10.1. The van der Waals surface area contributed by atoms with Crippen molar-refractivity contribution in [2.45, 2.75) is 24.2 Å². The fraction of sp³-hybridized carbons (Fsp3) is 0.231. The van der Waals surface area contributed by atoms with Crippen LogP contribution in [-0.2, 0) is 10.0 Å². The lowest BCUT2D eigenvalue weighted by atomic mass is 9.86. The highest BCUT2D eigenvalue weighted by Gasteiger charge is 2.27. The third kappa shape index (κ3) is 5.61. The predicted molar refractivity (Wildman–Crippen MR) is 136 cm³/mol. The molecule has 0 spiro atoms. The average Bonchev–Trinajstić information content (AvgIpc) is 2.90. The lowest BCUT2D eigenvalue weighted by Gasteiger charge is -2.25. The Morgan fingerprint density at radius 2 is 1.59 bits per heavy atom. The lowest BCUT2D eigenvalue weighted by molar-refractivity contribution is 0.171. The van der Waals surface area contributed by atoms with Crippen molar-refractivity contribution in [2.24, 2.45) is 5.92 Å². The zero-order chi connectivity index (χ0) is 25.7. The van der Waals surface area contributed by atoms with Crippen LogP contribution < -0.4 is 18.9 Å². The maximum Gasteiger partial charge on any atom is 0.263 e. The maximum absolute atomic E-state index is 13.3. The summed E-state index contributed by atoms with van der Waals surface area (Å²) in [5.41, 5.74) is 0. The molecule has 1 aliphatic carbocycles. The van der Waals surface area contributed by atoms with Crippen LogP contribution in [0.5, 0.6) is 23.1 Å². The van der Waals surface area contributed by atoms with Gasteiger partial charge in [-0.3, -0.25) is 4.72 Å². The first-order chi connectivity index (χ1) is 18.0. The second-order valence-electron chi connectivity index (χ2n) is 8.38. The first kappa shape index (κ1) is 24.4. The summed E-state index contributed by atoms with van der Waals surface area (Å²) >= 11 is 0. The van der Waals surface area contributed by atoms with Gasteiger partial charge in [0, 0.05) is 12.4 Å². The third-order valence-corrected chi connectivity index (χ3v) is 7.20. The van der Waals surface area contributed by atoms with Crippen LogP contribution in [0.3, 0.4) is 0 Å². The van der Waals surface area contributed by atoms with Crippen LogP contribution in [0.4, 0.5) is 5.82 Å². The van der Waals surface area contributed by atoms with E-state index in [1.807, 2.05) is 0 Å². The van der Waals surface area contributed by atoms with Gasteiger partial charge in [0.25, 0.3) is 15.9 Å². The van der Waals surface area contributed by atoms with Crippen LogP contribution in [0.25, 0.3) is 11.6 Å². The molecule has 0 aliphatic heterocycles. The average molecular weight is 520 g/mol. The van der Waals surface area contributed by atoms with E-state index in [1.165, 1.54) is 19.2 Å². The maximum atomic E-state index is 13.3. The summed E-state index contributed by atoms with van der Waals surface area (Å²) < 4.78 is 46.8. The Bertz CT molecular complexity index is 1470. The summed E-state index contributed by atoms with van der Waals surface area (Å²) in [4.78, 5) is 17.5. The van der Waals surface area contributed by atoms with Crippen LogP contribution in [0, 0.1) is 5.92 Å². The molecule has 1 saturated carbocycles. The summed E-state index contributed by atoms with van der Waals surface area (Å²) in [7, 11) is -2.52. The predicted octanol–water partition coefficient (Wildman–Crippen LogP) is 4.71. The van der Waals surface area contributed by atoms with Gasteiger partial charge in [0.2, 0.25) is 11.6 Å². The number of sulfonamides is 1. The van der Waals surface area contributed by atoms with Crippen molar-refractivity contribution in [3.8, 4) is 34.8 Å². The Balaban J connectivity index is 1.64. The summed E-state index contributed by atoms with van der Waals surface area (Å²) in [6, 6.07) is 16.6. The van der Waals surface area contributed by atoms with E-state index in [4.69, 9.17) is 14.2 Å². The zero-order valence-corrected chi connectivity index (χ0v) is 20.9. The summed E-state index contributed by atoms with van der Waals surface area (Å²) in [6.07, 6.45) is 6.35. The van der Waals surface area contributed by atoms with E-state index in [1.54, 1.807) is 60.9 Å². The van der Waals surface area contributed by atoms with Crippen LogP contribution in [0.1, 0.15) is 19.3 Å². The topological polar surface area (TPSA) is 125 Å². The standard InChI is InChI=1S/C26H25N5O5S/c1-34-20-13-5-6-14-21(20)36-22-23(31-37(32,33)19-11-3-2-4-12-19)29-25(24-27-15-8-16-28-24)30-26(22)35-17-18-9-7-10-18/h2-6,8,11-16,18H,7,9-10,17H2,1H3,(H,29,30,31). The minimum atomic E-state index is -4.03. The molecule has 2 heterocycles. The number of hydrogen-bond acceptors (Lipinski definition) is 9. The second kappa shape index (κ2) is 10.8. The molecule has 11 heteroatoms. The quantitative estimate of drug-likeness (QED) is 0.317. The molecule has 0 amide bonds. The van der Waals surface area contributed by atoms with Crippen molar-refractivity contribution in [3.63, 3.8) is 0 Å². The Hall–Kier alpha value is -4.25. The minimum absolute atomic E-state index is 0.00279. The molecule has 4 aromatic rings. The van der Waals surface area contributed by atoms with E-state index in [0.717, 1.165) is 19.3 Å². The molecule has 190 valence electrons. The highest BCUT2D eigenvalue weighted by atomic mass is 32.2. The first-order valence-corrected chi connectivity index (χ1v) is 13.2. The van der Waals surface area contributed by atoms with Crippen molar-refractivity contribution in [2.75, 3.05) is 18.4 Å². The molecule has 0 bridgehead atoms. The first-order valence-electron chi connectivity index (χ1n) is 11.7. The number of nitrogens with one attached hydrogen (secondary N) is 1. The van der Waals surface area contributed by atoms with Crippen LogP contribution in [0.2, 0.25) is 0 Å². The molecule has 0 atom stereocenters. The highest BCUT2D eigenvalue weighted by molar-refractivity contribution is 7.92. The van der Waals surface area contributed by atoms with Gasteiger partial charge in [0.1, 0.15) is 0 Å². The number of anilines is 1. The molecule has 1 N–H and O–H groups in total. The number of nitrogens with zero attached hydrogens (tertiary/aromatic N) is 4. The van der Waals surface area contributed by atoms with Gasteiger partial charge in [0.05, 0.1) is 18.6 Å². The van der Waals surface area contributed by atoms with Gasteiger partial charge >= 0.3 is 0 Å². The number of benzene rings is 2. The molecule has 10 nitrogen and oxygen atoms in total. The number of aromatic nitrogens is 4. The van der Waals surface area contributed by atoms with E-state index in [2.05, 4.69) is 24.7 Å². The van der Waals surface area contributed by atoms with Crippen LogP contribution >= 0.6 is 0 Å². The Morgan fingerprint density at radius 1 is 0.892 bits per heavy atom. The van der Waals surface area contributed by atoms with E-state index in [9.17, 15) is 8.42 Å². The lowest BCUT2D eigenvalue weighted by Crippen LogP contribution is -2.21. The molecule has 1 fully saturated rings. The summed E-state index contributed by atoms with van der Waals surface area (Å²) in [5, 5.41) is 0. The van der Waals surface area contributed by atoms with Gasteiger partial charge in [-0.2, -0.15) is 4.98 Å². The Morgan fingerprint density at radius 3 is 2.27 bits per heavy atom. The molecule has 0 unspecified atom stereocenters. The molecule has 0 radical (unpaired) electrons. The number of ether oxygens (including phenoxy) is 3. The van der Waals surface area contributed by atoms with Crippen molar-refractivity contribution in [3.05, 3.63) is 73.1 Å². The zero-order valence-electron chi connectivity index (χ0n) is 20.1. The number of methoxy groups -OCH3 is 1. The smallest absolute Gasteiger partial charge is 0.263 e. The molecule has 37 heavy (non-hydrogen) atoms. The van der Waals surface area contributed by atoms with E-state index < -0.39 is 10.0 Å². The van der Waals surface area contributed by atoms with E-state index in [-0.39, 0.29) is 34.0 Å². The number of para-hydroxylation sites is 2. The van der Waals surface area contributed by atoms with E-state index >= 15 is 0 Å². The SMILES string of the molecule is COc1ccccc1Oc1c(NS(=O)(=O)c2ccccc2)nc(-c2ncccn2)nc1OCC1CCC1. The van der Waals surface area contributed by atoms with Crippen LogP contribution in [-0.4, -0.2) is 42.1 Å². The van der Waals surface area contributed by atoms with Crippen molar-refractivity contribution < 1.29 is 22.6 Å². The summed E-state index contributed by atoms with van der Waals surface area (Å²) in [6.45, 7) is 0.402. The van der Waals surface area contributed by atoms with Crippen molar-refractivity contribution in [1.29, 1.82) is 0 Å². The van der Waals surface area contributed by atoms with Crippen LogP contribution in [0.15, 0.2) is 78.0 Å². The Kier molecular flexibility index (Phi) is 7.13. The fourth-order valence-electron chi connectivity index (χ4n) is 3.66. The third-order valence-electron chi connectivity index (χ3n) is 5.85. The number of rotatable bonds is 10. The van der Waals surface area contributed by atoms with Crippen molar-refractivity contribution >= 4 is 15.8 Å². The molecule has 2 aromatic carbocycles. The van der Waals surface area contributed by atoms with Gasteiger partial charge in [-0.15, -0.1) is 0 Å². The van der Waals surface area contributed by atoms with Gasteiger partial charge in [-0.1, -0.05) is 36.8 Å². The fourth-order valence-corrected chi connectivity index (χ4v) is 4.68. The number of hydrogen-bond donors (Lipinski definition) is 1.